The lowest BCUT2D eigenvalue weighted by Gasteiger charge is -2.21. The van der Waals surface area contributed by atoms with Crippen LogP contribution >= 0.6 is 0 Å². The van der Waals surface area contributed by atoms with Crippen LogP contribution in [0.15, 0.2) is 36.4 Å². The summed E-state index contributed by atoms with van der Waals surface area (Å²) in [6.45, 7) is 2.58. The number of aryl methyl sites for hydroxylation is 2. The number of nitrogens with one attached hydrogen (secondary N) is 1. The minimum atomic E-state index is -0.358. The van der Waals surface area contributed by atoms with E-state index >= 15 is 0 Å². The Morgan fingerprint density at radius 3 is 2.73 bits per heavy atom. The van der Waals surface area contributed by atoms with Crippen molar-refractivity contribution in [2.45, 2.75) is 45.1 Å². The predicted octanol–water partition coefficient (Wildman–Crippen LogP) is 3.52. The van der Waals surface area contributed by atoms with Crippen molar-refractivity contribution >= 4 is 17.5 Å². The molecule has 0 spiro atoms. The van der Waals surface area contributed by atoms with Crippen LogP contribution in [0.5, 0.6) is 11.5 Å². The fourth-order valence-corrected chi connectivity index (χ4v) is 4.62. The average Bonchev–Trinajstić information content (AvgIpc) is 3.39. The second-order valence-electron chi connectivity index (χ2n) is 8.41. The van der Waals surface area contributed by atoms with E-state index in [1.54, 1.807) is 17.0 Å². The topological polar surface area (TPSA) is 67.9 Å². The van der Waals surface area contributed by atoms with Crippen molar-refractivity contribution in [3.8, 4) is 11.5 Å². The lowest BCUT2D eigenvalue weighted by Crippen LogP contribution is -2.34. The highest BCUT2D eigenvalue weighted by Crippen LogP contribution is 2.37. The van der Waals surface area contributed by atoms with Gasteiger partial charge in [-0.1, -0.05) is 18.2 Å². The molecule has 2 aliphatic heterocycles. The van der Waals surface area contributed by atoms with E-state index in [2.05, 4.69) is 23.5 Å². The van der Waals surface area contributed by atoms with Crippen LogP contribution in [0.1, 0.15) is 48.9 Å². The molecule has 2 aromatic rings. The Morgan fingerprint density at radius 1 is 1.07 bits per heavy atom. The smallest absolute Gasteiger partial charge is 0.231 e. The molecule has 0 radical (unpaired) electrons. The van der Waals surface area contributed by atoms with Gasteiger partial charge in [-0.05, 0) is 61.4 Å². The zero-order valence-electron chi connectivity index (χ0n) is 17.1. The van der Waals surface area contributed by atoms with E-state index < -0.39 is 0 Å². The Kier molecular flexibility index (Phi) is 4.85. The highest BCUT2D eigenvalue weighted by atomic mass is 16.7. The van der Waals surface area contributed by atoms with E-state index in [1.807, 2.05) is 13.0 Å². The van der Waals surface area contributed by atoms with Crippen molar-refractivity contribution in [2.75, 3.05) is 18.2 Å². The first-order chi connectivity index (χ1) is 14.6. The SMILES string of the molecule is C[C@@H](NC(=O)[C@H]1CC(=O)N(c2ccc3c(c2)OCO3)C1)c1ccc2c(c1)CCCC2. The lowest BCUT2D eigenvalue weighted by atomic mass is 9.89. The molecule has 5 rings (SSSR count). The summed E-state index contributed by atoms with van der Waals surface area (Å²) in [5.41, 5.74) is 4.71. The Balaban J connectivity index is 1.25. The number of benzene rings is 2. The summed E-state index contributed by atoms with van der Waals surface area (Å²) in [5, 5.41) is 3.12. The van der Waals surface area contributed by atoms with Gasteiger partial charge in [0, 0.05) is 24.7 Å². The Morgan fingerprint density at radius 2 is 1.87 bits per heavy atom. The first kappa shape index (κ1) is 19.0. The quantitative estimate of drug-likeness (QED) is 0.844. The molecular formula is C24H26N2O4. The normalized spacial score (nSPS) is 20.8. The fourth-order valence-electron chi connectivity index (χ4n) is 4.62. The second kappa shape index (κ2) is 7.67. The van der Waals surface area contributed by atoms with Crippen molar-refractivity contribution in [3.63, 3.8) is 0 Å². The second-order valence-corrected chi connectivity index (χ2v) is 8.41. The Hall–Kier alpha value is -3.02. The van der Waals surface area contributed by atoms with E-state index in [9.17, 15) is 9.59 Å². The predicted molar refractivity (Wildman–Crippen MR) is 113 cm³/mol. The number of anilines is 1. The van der Waals surface area contributed by atoms with Gasteiger partial charge >= 0.3 is 0 Å². The molecule has 2 heterocycles. The molecule has 6 heteroatoms. The van der Waals surface area contributed by atoms with Gasteiger partial charge in [-0.15, -0.1) is 0 Å². The summed E-state index contributed by atoms with van der Waals surface area (Å²) in [6.07, 6.45) is 4.98. The molecule has 0 saturated carbocycles. The molecule has 0 unspecified atom stereocenters. The molecule has 156 valence electrons. The zero-order valence-corrected chi connectivity index (χ0v) is 17.1. The van der Waals surface area contributed by atoms with E-state index in [4.69, 9.17) is 9.47 Å². The third-order valence-electron chi connectivity index (χ3n) is 6.39. The molecule has 6 nitrogen and oxygen atoms in total. The summed E-state index contributed by atoms with van der Waals surface area (Å²) in [4.78, 5) is 27.1. The van der Waals surface area contributed by atoms with Gasteiger partial charge in [-0.25, -0.2) is 0 Å². The molecule has 3 aliphatic rings. The minimum Gasteiger partial charge on any atom is -0.454 e. The number of carbonyl (C=O) groups excluding carboxylic acids is 2. The maximum Gasteiger partial charge on any atom is 0.231 e. The first-order valence-electron chi connectivity index (χ1n) is 10.7. The summed E-state index contributed by atoms with van der Waals surface area (Å²) in [7, 11) is 0. The van der Waals surface area contributed by atoms with Crippen LogP contribution in [0.25, 0.3) is 0 Å². The molecule has 0 bridgehead atoms. The largest absolute Gasteiger partial charge is 0.454 e. The molecule has 1 N–H and O–H groups in total. The number of fused-ring (bicyclic) bond motifs is 2. The van der Waals surface area contributed by atoms with Crippen LogP contribution in [-0.4, -0.2) is 25.2 Å². The number of hydrogen-bond acceptors (Lipinski definition) is 4. The maximum atomic E-state index is 12.9. The van der Waals surface area contributed by atoms with Gasteiger partial charge in [0.25, 0.3) is 0 Å². The lowest BCUT2D eigenvalue weighted by molar-refractivity contribution is -0.126. The Labute approximate surface area is 176 Å². The molecule has 1 aliphatic carbocycles. The summed E-state index contributed by atoms with van der Waals surface area (Å²) in [5.74, 6) is 0.836. The van der Waals surface area contributed by atoms with Crippen molar-refractivity contribution < 1.29 is 19.1 Å². The van der Waals surface area contributed by atoms with E-state index in [1.165, 1.54) is 24.0 Å². The van der Waals surface area contributed by atoms with Crippen LogP contribution in [0, 0.1) is 5.92 Å². The molecule has 0 aromatic heterocycles. The zero-order chi connectivity index (χ0) is 20.7. The van der Waals surface area contributed by atoms with Crippen molar-refractivity contribution in [2.24, 2.45) is 5.92 Å². The van der Waals surface area contributed by atoms with Crippen LogP contribution in [0.2, 0.25) is 0 Å². The maximum absolute atomic E-state index is 12.9. The van der Waals surface area contributed by atoms with Crippen molar-refractivity contribution in [3.05, 3.63) is 53.1 Å². The van der Waals surface area contributed by atoms with Crippen LogP contribution in [-0.2, 0) is 22.4 Å². The molecule has 30 heavy (non-hydrogen) atoms. The highest BCUT2D eigenvalue weighted by molar-refractivity contribution is 6.00. The number of amides is 2. The fraction of sp³-hybridized carbons (Fsp3) is 0.417. The van der Waals surface area contributed by atoms with Crippen molar-refractivity contribution in [1.29, 1.82) is 0 Å². The molecule has 1 saturated heterocycles. The third kappa shape index (κ3) is 3.51. The van der Waals surface area contributed by atoms with Crippen molar-refractivity contribution in [1.82, 2.24) is 5.32 Å². The average molecular weight is 406 g/mol. The Bertz CT molecular complexity index is 1000. The van der Waals surface area contributed by atoms with Gasteiger partial charge in [0.15, 0.2) is 11.5 Å². The number of carbonyl (C=O) groups is 2. The van der Waals surface area contributed by atoms with Gasteiger partial charge in [-0.2, -0.15) is 0 Å². The highest BCUT2D eigenvalue weighted by Gasteiger charge is 2.36. The van der Waals surface area contributed by atoms with Gasteiger partial charge in [-0.3, -0.25) is 9.59 Å². The van der Waals surface area contributed by atoms with E-state index in [0.29, 0.717) is 18.0 Å². The third-order valence-corrected chi connectivity index (χ3v) is 6.39. The summed E-state index contributed by atoms with van der Waals surface area (Å²) < 4.78 is 10.7. The summed E-state index contributed by atoms with van der Waals surface area (Å²) in [6, 6.07) is 11.9. The van der Waals surface area contributed by atoms with Gasteiger partial charge in [0.2, 0.25) is 18.6 Å². The molecular weight excluding hydrogens is 380 g/mol. The minimum absolute atomic E-state index is 0.0459. The number of hydrogen-bond donors (Lipinski definition) is 1. The first-order valence-corrected chi connectivity index (χ1v) is 10.7. The monoisotopic (exact) mass is 406 g/mol. The van der Waals surface area contributed by atoms with Gasteiger partial charge in [0.1, 0.15) is 0 Å². The van der Waals surface area contributed by atoms with E-state index in [0.717, 1.165) is 24.1 Å². The molecule has 2 amide bonds. The molecule has 1 fully saturated rings. The molecule has 2 aromatic carbocycles. The standard InChI is InChI=1S/C24H26N2O4/c1-15(17-7-6-16-4-2-3-5-18(16)10-17)25-24(28)19-11-23(27)26(13-19)20-8-9-21-22(12-20)30-14-29-21/h6-10,12,15,19H,2-5,11,13-14H2,1H3,(H,25,28)/t15-,19+/m1/s1. The van der Waals surface area contributed by atoms with E-state index in [-0.39, 0.29) is 37.0 Å². The number of ether oxygens (including phenoxy) is 2. The van der Waals surface area contributed by atoms with Crippen LogP contribution in [0.3, 0.4) is 0 Å². The summed E-state index contributed by atoms with van der Waals surface area (Å²) >= 11 is 0. The van der Waals surface area contributed by atoms with Crippen LogP contribution < -0.4 is 19.7 Å². The van der Waals surface area contributed by atoms with Crippen LogP contribution in [0.4, 0.5) is 5.69 Å². The van der Waals surface area contributed by atoms with Gasteiger partial charge in [0.05, 0.1) is 12.0 Å². The number of nitrogens with zero attached hydrogens (tertiary/aromatic N) is 1. The molecule has 2 atom stereocenters. The number of rotatable bonds is 4. The van der Waals surface area contributed by atoms with Gasteiger partial charge < -0.3 is 19.7 Å².